The number of hydrogen-bond donors (Lipinski definition) is 5. The molecule has 17 heteroatoms. The normalized spacial score (nSPS) is 25.6. The summed E-state index contributed by atoms with van der Waals surface area (Å²) in [5.74, 6) is -5.22. The van der Waals surface area contributed by atoms with Gasteiger partial charge in [-0.15, -0.1) is 0 Å². The highest BCUT2D eigenvalue weighted by atomic mass is 16.5. The Bertz CT molecular complexity index is 1730. The Morgan fingerprint density at radius 2 is 1.66 bits per heavy atom. The van der Waals surface area contributed by atoms with Crippen molar-refractivity contribution in [2.45, 2.75) is 102 Å². The van der Waals surface area contributed by atoms with E-state index in [0.29, 0.717) is 23.0 Å². The summed E-state index contributed by atoms with van der Waals surface area (Å²) < 4.78 is 6.10. The molecular weight excluding hydrogens is 761 g/mol. The number of rotatable bonds is 13. The number of carboxylic acid groups (broad SMARTS) is 1. The van der Waals surface area contributed by atoms with Crippen molar-refractivity contribution >= 4 is 35.5 Å². The number of Topliss-reactive ketones (excluding diaryl/α,β-unsaturated/α-hetero) is 1. The molecule has 7 atom stereocenters. The number of aromatic amines is 1. The minimum atomic E-state index is -1.58. The number of nitrogens with zero attached hydrogens (tertiary/aromatic N) is 4. The lowest BCUT2D eigenvalue weighted by molar-refractivity contribution is -0.958. The first-order valence-electron chi connectivity index (χ1n) is 20.9. The Morgan fingerprint density at radius 3 is 2.24 bits per heavy atom. The zero-order valence-corrected chi connectivity index (χ0v) is 34.5. The number of nitrogens with one attached hydrogen (secondary N) is 2. The molecule has 1 aliphatic carbocycles. The number of amides is 5. The number of morpholine rings is 1. The van der Waals surface area contributed by atoms with Gasteiger partial charge in [0, 0.05) is 62.0 Å². The fourth-order valence-electron chi connectivity index (χ4n) is 9.63. The Labute approximate surface area is 345 Å². The number of aliphatic hydroxyl groups is 1. The third-order valence-electron chi connectivity index (χ3n) is 12.7. The number of carbonyl (C=O) groups is 6. The van der Waals surface area contributed by atoms with Gasteiger partial charge >= 0.3 is 6.03 Å². The number of hydrogen-bond acceptors (Lipinski definition) is 12. The molecule has 5 amide bonds. The number of quaternary nitrogens is 1. The zero-order chi connectivity index (χ0) is 42.9. The fraction of sp³-hybridized carbons (Fsp3) is 0.643. The van der Waals surface area contributed by atoms with Gasteiger partial charge in [-0.3, -0.25) is 19.2 Å². The fourth-order valence-corrected chi connectivity index (χ4v) is 9.63. The molecule has 2 bridgehead atoms. The van der Waals surface area contributed by atoms with Gasteiger partial charge in [-0.05, 0) is 38.5 Å². The molecule has 7 rings (SSSR count). The van der Waals surface area contributed by atoms with Gasteiger partial charge in [0.15, 0.2) is 5.78 Å². The van der Waals surface area contributed by atoms with Crippen LogP contribution in [0.25, 0.3) is 0 Å². The summed E-state index contributed by atoms with van der Waals surface area (Å²) in [6.07, 6.45) is 6.65. The molecule has 1 aromatic carbocycles. The third-order valence-corrected chi connectivity index (χ3v) is 12.7. The van der Waals surface area contributed by atoms with E-state index in [9.17, 15) is 29.1 Å². The highest BCUT2D eigenvalue weighted by Crippen LogP contribution is 2.50. The quantitative estimate of drug-likeness (QED) is 0.173. The third kappa shape index (κ3) is 11.2. The van der Waals surface area contributed by atoms with Crippen molar-refractivity contribution in [3.8, 4) is 0 Å². The molecule has 0 radical (unpaired) electrons. The number of urea groups is 1. The van der Waals surface area contributed by atoms with Gasteiger partial charge in [0.2, 0.25) is 17.7 Å². The molecule has 0 spiro atoms. The predicted octanol–water partition coefficient (Wildman–Crippen LogP) is 0.419. The Balaban J connectivity index is 0.00000158. The van der Waals surface area contributed by atoms with Crippen LogP contribution in [-0.2, 0) is 35.1 Å². The van der Waals surface area contributed by atoms with E-state index in [2.05, 4.69) is 22.3 Å². The number of fused-ring (bicyclic) bond motifs is 3. The van der Waals surface area contributed by atoms with Gasteiger partial charge in [0.1, 0.15) is 6.04 Å². The lowest BCUT2D eigenvalue weighted by Gasteiger charge is -2.56. The van der Waals surface area contributed by atoms with Crippen molar-refractivity contribution in [2.24, 2.45) is 35.1 Å². The van der Waals surface area contributed by atoms with Crippen molar-refractivity contribution in [1.82, 2.24) is 25.1 Å². The number of carbonyl (C=O) groups excluding carboxylic acids is 6. The molecule has 5 fully saturated rings. The van der Waals surface area contributed by atoms with Crippen molar-refractivity contribution in [2.75, 3.05) is 46.4 Å². The summed E-state index contributed by atoms with van der Waals surface area (Å²) in [5, 5.41) is 23.5. The van der Waals surface area contributed by atoms with Crippen molar-refractivity contribution in [1.29, 1.82) is 0 Å². The molecule has 59 heavy (non-hydrogen) atoms. The van der Waals surface area contributed by atoms with Gasteiger partial charge in [-0.1, -0.05) is 49.6 Å². The minimum absolute atomic E-state index is 0.0242. The Kier molecular flexibility index (Phi) is 15.9. The number of imide groups is 3. The number of H-pyrrole nitrogens is 1. The second-order valence-corrected chi connectivity index (χ2v) is 16.9. The SMILES string of the molecule is CC(=O)[O-].CC(N)C(=O)N[C@@H](Cc1c[nH]cn1)C(=O)C(C1CCCCC1)C(N)C(O)CC(=O)N(C(=O)[C@H]1C2CC[N+](C)(CC2)C1c1ccccc1)C(=O)N1CCOCC1. The number of aliphatic hydroxyl groups excluding tert-OH is 1. The topological polar surface area (TPSA) is 254 Å². The van der Waals surface area contributed by atoms with E-state index in [4.69, 9.17) is 26.1 Å². The summed E-state index contributed by atoms with van der Waals surface area (Å²) in [7, 11) is 2.14. The van der Waals surface area contributed by atoms with E-state index in [1.165, 1.54) is 18.2 Å². The molecule has 2 aromatic rings. The molecule has 1 saturated carbocycles. The van der Waals surface area contributed by atoms with Crippen LogP contribution in [-0.4, -0.2) is 136 Å². The zero-order valence-electron chi connectivity index (χ0n) is 34.5. The van der Waals surface area contributed by atoms with E-state index < -0.39 is 72.2 Å². The highest BCUT2D eigenvalue weighted by molar-refractivity contribution is 6.11. The van der Waals surface area contributed by atoms with Crippen LogP contribution >= 0.6 is 0 Å². The molecular formula is C42H62N8O9. The average Bonchev–Trinajstić information content (AvgIpc) is 3.74. The van der Waals surface area contributed by atoms with E-state index in [1.54, 1.807) is 6.20 Å². The van der Waals surface area contributed by atoms with Crippen molar-refractivity contribution < 1.29 is 48.2 Å². The maximum atomic E-state index is 15.0. The second kappa shape index (κ2) is 20.6. The van der Waals surface area contributed by atoms with Crippen LogP contribution in [0.2, 0.25) is 0 Å². The molecule has 17 nitrogen and oxygen atoms in total. The molecule has 4 aliphatic heterocycles. The van der Waals surface area contributed by atoms with E-state index >= 15 is 0 Å². The summed E-state index contributed by atoms with van der Waals surface area (Å²) >= 11 is 0. The molecule has 5 aliphatic rings. The van der Waals surface area contributed by atoms with Gasteiger partial charge < -0.3 is 50.9 Å². The molecule has 5 unspecified atom stereocenters. The smallest absolute Gasteiger partial charge is 0.333 e. The first-order chi connectivity index (χ1) is 28.1. The lowest BCUT2D eigenvalue weighted by Crippen LogP contribution is -2.65. The van der Waals surface area contributed by atoms with Crippen LogP contribution in [0.3, 0.4) is 0 Å². The first-order valence-corrected chi connectivity index (χ1v) is 20.9. The van der Waals surface area contributed by atoms with Gasteiger partial charge in [-0.2, -0.15) is 4.90 Å². The number of imidazole rings is 1. The molecule has 5 heterocycles. The lowest BCUT2D eigenvalue weighted by atomic mass is 9.69. The van der Waals surface area contributed by atoms with Crippen LogP contribution < -0.4 is 21.9 Å². The molecule has 324 valence electrons. The number of nitrogens with two attached hydrogens (primary N) is 2. The number of piperidine rings is 3. The summed E-state index contributed by atoms with van der Waals surface area (Å²) in [5.41, 5.74) is 14.2. The van der Waals surface area contributed by atoms with Gasteiger partial charge in [0.25, 0.3) is 0 Å². The number of carboxylic acids is 1. The van der Waals surface area contributed by atoms with E-state index in [0.717, 1.165) is 62.6 Å². The maximum absolute atomic E-state index is 15.0. The number of ether oxygens (including phenoxy) is 1. The maximum Gasteiger partial charge on any atom is 0.333 e. The van der Waals surface area contributed by atoms with Crippen LogP contribution in [0.1, 0.15) is 82.5 Å². The van der Waals surface area contributed by atoms with Crippen LogP contribution in [0.4, 0.5) is 4.79 Å². The Hall–Kier alpha value is -4.55. The summed E-state index contributed by atoms with van der Waals surface area (Å²) in [4.78, 5) is 89.5. The second-order valence-electron chi connectivity index (χ2n) is 16.9. The molecule has 7 N–H and O–H groups in total. The first kappa shape index (κ1) is 45.5. The van der Waals surface area contributed by atoms with Gasteiger partial charge in [-0.25, -0.2) is 9.78 Å². The number of aromatic nitrogens is 2. The van der Waals surface area contributed by atoms with Crippen molar-refractivity contribution in [3.63, 3.8) is 0 Å². The Morgan fingerprint density at radius 1 is 1.03 bits per heavy atom. The summed E-state index contributed by atoms with van der Waals surface area (Å²) in [6.45, 7) is 5.23. The molecule has 1 aromatic heterocycles. The number of aliphatic carboxylic acids is 1. The predicted molar refractivity (Wildman–Crippen MR) is 213 cm³/mol. The summed E-state index contributed by atoms with van der Waals surface area (Å²) in [6, 6.07) is 5.68. The van der Waals surface area contributed by atoms with Crippen molar-refractivity contribution in [3.05, 3.63) is 54.1 Å². The standard InChI is InChI=1S/C40H58N8O7.C2H4O2/c1-25(41)38(52)45-30(21-29-23-43-24-44-29)37(51)33(26-9-5-3-6-10-26)35(42)31(49)22-32(50)47(40(54)46-15-19-55-20-16-46)39(53)34-27-13-17-48(2,18-14-27)36(34)28-11-7-4-8-12-28;1-2(3)4/h4,7-8,11-12,23-27,30-31,33-36,49H,3,5-6,9-10,13-22,41-42H2,1-2H3,(H-,43,44,45,52);1H3,(H,3,4)/t25?,27?,30-,31?,33?,34-,35?,36?,48?;/m0./s1. The van der Waals surface area contributed by atoms with E-state index in [1.807, 2.05) is 30.3 Å². The molecule has 4 saturated heterocycles. The van der Waals surface area contributed by atoms with E-state index in [-0.39, 0.29) is 56.4 Å². The van der Waals surface area contributed by atoms with Crippen LogP contribution in [0.5, 0.6) is 0 Å². The number of ketones is 1. The monoisotopic (exact) mass is 822 g/mol. The average molecular weight is 823 g/mol. The minimum Gasteiger partial charge on any atom is -0.550 e. The largest absolute Gasteiger partial charge is 0.550 e. The number of benzene rings is 1. The van der Waals surface area contributed by atoms with Crippen LogP contribution in [0.15, 0.2) is 42.9 Å². The van der Waals surface area contributed by atoms with Crippen LogP contribution in [0, 0.1) is 23.7 Å². The highest BCUT2D eigenvalue weighted by Gasteiger charge is 2.57. The van der Waals surface area contributed by atoms with Gasteiger partial charge in [0.05, 0.1) is 75.9 Å².